The molecule has 0 aromatic carbocycles. The van der Waals surface area contributed by atoms with Crippen molar-refractivity contribution in [2.45, 2.75) is 56.6 Å². The summed E-state index contributed by atoms with van der Waals surface area (Å²) in [6.07, 6.45) is 6.33. The molecule has 3 aliphatic rings. The molecule has 0 aromatic heterocycles. The molecule has 1 N–H and O–H groups in total. The molecule has 2 unspecified atom stereocenters. The highest BCUT2D eigenvalue weighted by Gasteiger charge is 2.40. The molecule has 0 bridgehead atoms. The van der Waals surface area contributed by atoms with E-state index in [0.717, 1.165) is 25.7 Å². The van der Waals surface area contributed by atoms with Gasteiger partial charge in [0.25, 0.3) is 0 Å². The Morgan fingerprint density at radius 3 is 2.16 bits per heavy atom. The molecule has 2 heterocycles. The molecular weight excluding hydrogens is 344 g/mol. The molecule has 1 amide bonds. The van der Waals surface area contributed by atoms with Crippen molar-refractivity contribution in [3.8, 4) is 0 Å². The highest BCUT2D eigenvalue weighted by molar-refractivity contribution is 7.89. The lowest BCUT2D eigenvalue weighted by molar-refractivity contribution is -0.142. The lowest BCUT2D eigenvalue weighted by Gasteiger charge is -2.38. The van der Waals surface area contributed by atoms with Crippen LogP contribution in [0.4, 0.5) is 0 Å². The predicted octanol–water partition coefficient (Wildman–Crippen LogP) is 1.29. The highest BCUT2D eigenvalue weighted by atomic mass is 32.2. The molecule has 2 aliphatic heterocycles. The highest BCUT2D eigenvalue weighted by Crippen LogP contribution is 2.30. The Hall–Kier alpha value is -1.15. The lowest BCUT2D eigenvalue weighted by atomic mass is 10.0. The van der Waals surface area contributed by atoms with Crippen LogP contribution in [0.3, 0.4) is 0 Å². The Labute approximate surface area is 149 Å². The number of rotatable bonds is 4. The van der Waals surface area contributed by atoms with Crippen LogP contribution in [0, 0.1) is 11.8 Å². The van der Waals surface area contributed by atoms with E-state index in [1.54, 1.807) is 4.90 Å². The van der Waals surface area contributed by atoms with E-state index < -0.39 is 27.2 Å². The Morgan fingerprint density at radius 2 is 1.48 bits per heavy atom. The number of likely N-dealkylation sites (tertiary alicyclic amines) is 1. The zero-order chi connectivity index (χ0) is 18.0. The average Bonchev–Trinajstić information content (AvgIpc) is 3.16. The molecule has 3 rings (SSSR count). The van der Waals surface area contributed by atoms with Crippen molar-refractivity contribution in [3.05, 3.63) is 0 Å². The third-order valence-electron chi connectivity index (χ3n) is 5.91. The SMILES string of the molecule is O=C(O)C1CCCN(S(=O)(=O)C2CCCN(C(=O)C3CCCC3)C2)C1. The first-order valence-electron chi connectivity index (χ1n) is 9.40. The van der Waals surface area contributed by atoms with Gasteiger partial charge in [-0.2, -0.15) is 0 Å². The third-order valence-corrected chi connectivity index (χ3v) is 8.19. The van der Waals surface area contributed by atoms with E-state index in [1.807, 2.05) is 0 Å². The number of hydrogen-bond acceptors (Lipinski definition) is 4. The number of nitrogens with zero attached hydrogens (tertiary/aromatic N) is 2. The van der Waals surface area contributed by atoms with Crippen molar-refractivity contribution in [1.29, 1.82) is 0 Å². The van der Waals surface area contributed by atoms with Gasteiger partial charge in [0.05, 0.1) is 11.2 Å². The minimum atomic E-state index is -3.57. The van der Waals surface area contributed by atoms with Crippen molar-refractivity contribution in [3.63, 3.8) is 0 Å². The van der Waals surface area contributed by atoms with Gasteiger partial charge in [-0.05, 0) is 38.5 Å². The monoisotopic (exact) mass is 372 g/mol. The summed E-state index contributed by atoms with van der Waals surface area (Å²) in [6.45, 7) is 1.34. The van der Waals surface area contributed by atoms with Crippen molar-refractivity contribution >= 4 is 21.9 Å². The molecule has 0 radical (unpaired) electrons. The van der Waals surface area contributed by atoms with Crippen LogP contribution in [0.15, 0.2) is 0 Å². The molecule has 0 spiro atoms. The minimum Gasteiger partial charge on any atom is -0.481 e. The first-order chi connectivity index (χ1) is 11.9. The van der Waals surface area contributed by atoms with Crippen LogP contribution in [-0.4, -0.2) is 66.0 Å². The zero-order valence-corrected chi connectivity index (χ0v) is 15.4. The maximum absolute atomic E-state index is 13.0. The fraction of sp³-hybridized carbons (Fsp3) is 0.882. The van der Waals surface area contributed by atoms with E-state index in [4.69, 9.17) is 0 Å². The van der Waals surface area contributed by atoms with E-state index in [0.29, 0.717) is 38.8 Å². The van der Waals surface area contributed by atoms with E-state index in [1.165, 1.54) is 4.31 Å². The quantitative estimate of drug-likeness (QED) is 0.802. The maximum atomic E-state index is 13.0. The predicted molar refractivity (Wildman–Crippen MR) is 92.4 cm³/mol. The van der Waals surface area contributed by atoms with Gasteiger partial charge in [0.15, 0.2) is 0 Å². The zero-order valence-electron chi connectivity index (χ0n) is 14.6. The van der Waals surface area contributed by atoms with Gasteiger partial charge in [-0.15, -0.1) is 0 Å². The molecule has 142 valence electrons. The van der Waals surface area contributed by atoms with Crippen LogP contribution in [0.25, 0.3) is 0 Å². The third kappa shape index (κ3) is 4.00. The summed E-state index contributed by atoms with van der Waals surface area (Å²) in [5.74, 6) is -1.38. The first-order valence-corrected chi connectivity index (χ1v) is 10.9. The Morgan fingerprint density at radius 1 is 0.840 bits per heavy atom. The van der Waals surface area contributed by atoms with Crippen LogP contribution in [0.1, 0.15) is 51.4 Å². The van der Waals surface area contributed by atoms with E-state index in [2.05, 4.69) is 0 Å². The number of amides is 1. The van der Waals surface area contributed by atoms with E-state index in [-0.39, 0.29) is 24.9 Å². The topological polar surface area (TPSA) is 95.0 Å². The second-order valence-corrected chi connectivity index (χ2v) is 9.82. The minimum absolute atomic E-state index is 0.0603. The van der Waals surface area contributed by atoms with Gasteiger partial charge in [-0.25, -0.2) is 12.7 Å². The van der Waals surface area contributed by atoms with Crippen LogP contribution < -0.4 is 0 Å². The molecule has 3 fully saturated rings. The number of sulfonamides is 1. The second-order valence-electron chi connectivity index (χ2n) is 7.61. The van der Waals surface area contributed by atoms with Crippen molar-refractivity contribution in [1.82, 2.24) is 9.21 Å². The number of hydrogen-bond donors (Lipinski definition) is 1. The van der Waals surface area contributed by atoms with Crippen molar-refractivity contribution in [2.75, 3.05) is 26.2 Å². The lowest BCUT2D eigenvalue weighted by Crippen LogP contribution is -2.52. The molecule has 1 aliphatic carbocycles. The number of carboxylic acids is 1. The number of aliphatic carboxylic acids is 1. The fourth-order valence-corrected chi connectivity index (χ4v) is 6.42. The summed E-state index contributed by atoms with van der Waals surface area (Å²) < 4.78 is 27.3. The number of carbonyl (C=O) groups is 2. The number of piperidine rings is 2. The molecule has 1 saturated carbocycles. The Bertz CT molecular complexity index is 615. The Balaban J connectivity index is 1.67. The van der Waals surface area contributed by atoms with Crippen LogP contribution >= 0.6 is 0 Å². The summed E-state index contributed by atoms with van der Waals surface area (Å²) in [5, 5.41) is 8.60. The molecule has 25 heavy (non-hydrogen) atoms. The fourth-order valence-electron chi connectivity index (χ4n) is 4.40. The standard InChI is InChI=1S/C17H28N2O5S/c20-16(13-5-1-2-6-13)18-9-4-8-15(12-18)25(23,24)19-10-3-7-14(11-19)17(21)22/h13-15H,1-12H2,(H,21,22). The summed E-state index contributed by atoms with van der Waals surface area (Å²) in [5.41, 5.74) is 0. The van der Waals surface area contributed by atoms with Gasteiger partial charge in [-0.1, -0.05) is 12.8 Å². The molecule has 2 atom stereocenters. The summed E-state index contributed by atoms with van der Waals surface area (Å²) in [6, 6.07) is 0. The van der Waals surface area contributed by atoms with Crippen molar-refractivity contribution < 1.29 is 23.1 Å². The van der Waals surface area contributed by atoms with Crippen LogP contribution in [-0.2, 0) is 19.6 Å². The van der Waals surface area contributed by atoms with Gasteiger partial charge in [0, 0.05) is 32.1 Å². The number of carbonyl (C=O) groups excluding carboxylic acids is 1. The van der Waals surface area contributed by atoms with Gasteiger partial charge < -0.3 is 10.0 Å². The molecule has 0 aromatic rings. The smallest absolute Gasteiger partial charge is 0.307 e. The van der Waals surface area contributed by atoms with Gasteiger partial charge >= 0.3 is 5.97 Å². The molecular formula is C17H28N2O5S. The van der Waals surface area contributed by atoms with Crippen LogP contribution in [0.5, 0.6) is 0 Å². The summed E-state index contributed by atoms with van der Waals surface area (Å²) in [7, 11) is -3.57. The maximum Gasteiger partial charge on any atom is 0.307 e. The van der Waals surface area contributed by atoms with E-state index in [9.17, 15) is 23.1 Å². The van der Waals surface area contributed by atoms with Crippen LogP contribution in [0.2, 0.25) is 0 Å². The first kappa shape index (κ1) is 18.6. The number of carboxylic acid groups (broad SMARTS) is 1. The molecule has 8 heteroatoms. The van der Waals surface area contributed by atoms with Gasteiger partial charge in [0.2, 0.25) is 15.9 Å². The molecule has 2 saturated heterocycles. The second kappa shape index (κ2) is 7.61. The van der Waals surface area contributed by atoms with Gasteiger partial charge in [-0.3, -0.25) is 9.59 Å². The summed E-state index contributed by atoms with van der Waals surface area (Å²) >= 11 is 0. The van der Waals surface area contributed by atoms with Gasteiger partial charge in [0.1, 0.15) is 0 Å². The van der Waals surface area contributed by atoms with E-state index >= 15 is 0 Å². The molecule has 7 nitrogen and oxygen atoms in total. The van der Waals surface area contributed by atoms with Crippen molar-refractivity contribution in [2.24, 2.45) is 11.8 Å². The Kier molecular flexibility index (Phi) is 5.68. The largest absolute Gasteiger partial charge is 0.481 e. The normalized spacial score (nSPS) is 29.7. The average molecular weight is 372 g/mol. The summed E-state index contributed by atoms with van der Waals surface area (Å²) in [4.78, 5) is 25.6.